The maximum Gasteiger partial charge on any atom is 0.240 e. The first-order chi connectivity index (χ1) is 10.4. The van der Waals surface area contributed by atoms with Crippen molar-refractivity contribution in [1.29, 1.82) is 5.26 Å². The van der Waals surface area contributed by atoms with E-state index in [1.165, 1.54) is 24.3 Å². The lowest BCUT2D eigenvalue weighted by molar-refractivity contribution is 0.581. The lowest BCUT2D eigenvalue weighted by Crippen LogP contribution is -2.26. The summed E-state index contributed by atoms with van der Waals surface area (Å²) < 4.78 is 26.8. The van der Waals surface area contributed by atoms with Gasteiger partial charge in [0.2, 0.25) is 10.0 Å². The Balaban J connectivity index is 2.05. The van der Waals surface area contributed by atoms with Crippen molar-refractivity contribution in [2.24, 2.45) is 0 Å². The van der Waals surface area contributed by atoms with Crippen LogP contribution in [0.5, 0.6) is 0 Å². The van der Waals surface area contributed by atoms with Gasteiger partial charge in [-0.15, -0.1) is 0 Å². The van der Waals surface area contributed by atoms with Gasteiger partial charge in [0.25, 0.3) is 0 Å². The lowest BCUT2D eigenvalue weighted by Gasteiger charge is -2.09. The van der Waals surface area contributed by atoms with Crippen molar-refractivity contribution in [2.45, 2.75) is 11.3 Å². The van der Waals surface area contributed by atoms with E-state index in [0.29, 0.717) is 27.6 Å². The summed E-state index contributed by atoms with van der Waals surface area (Å²) in [7, 11) is -3.63. The molecule has 114 valence electrons. The molecule has 0 aliphatic heterocycles. The predicted octanol–water partition coefficient (Wildman–Crippen LogP) is 3.39. The minimum absolute atomic E-state index is 0.108. The number of hydrogen-bond donors (Lipinski definition) is 1. The fourth-order valence-corrected chi connectivity index (χ4v) is 3.49. The molecule has 4 nitrogen and oxygen atoms in total. The maximum absolute atomic E-state index is 12.1. The van der Waals surface area contributed by atoms with Gasteiger partial charge in [0, 0.05) is 16.6 Å². The molecular weight excluding hydrogens is 343 g/mol. The fraction of sp³-hybridized carbons (Fsp3) is 0.133. The summed E-state index contributed by atoms with van der Waals surface area (Å²) in [5.74, 6) is 0. The molecule has 0 unspecified atom stereocenters. The standard InChI is InChI=1S/C15H12Cl2N2O2S/c16-14-2-1-3-15(17)13(14)8-9-19-22(20,21)12-6-4-11(10-18)5-7-12/h1-7,19H,8-9H2. The fourth-order valence-electron chi connectivity index (χ4n) is 1.87. The zero-order valence-corrected chi connectivity index (χ0v) is 13.7. The normalized spacial score (nSPS) is 11.1. The smallest absolute Gasteiger partial charge is 0.211 e. The summed E-state index contributed by atoms with van der Waals surface area (Å²) in [4.78, 5) is 0.108. The van der Waals surface area contributed by atoms with Crippen LogP contribution in [0.2, 0.25) is 10.0 Å². The van der Waals surface area contributed by atoms with E-state index in [9.17, 15) is 8.42 Å². The van der Waals surface area contributed by atoms with Crippen LogP contribution in [0.4, 0.5) is 0 Å². The highest BCUT2D eigenvalue weighted by atomic mass is 35.5. The van der Waals surface area contributed by atoms with E-state index in [1.807, 2.05) is 6.07 Å². The van der Waals surface area contributed by atoms with Gasteiger partial charge in [0.05, 0.1) is 16.5 Å². The molecule has 0 aromatic heterocycles. The van der Waals surface area contributed by atoms with Crippen LogP contribution in [0.25, 0.3) is 0 Å². The molecule has 2 aromatic rings. The molecule has 0 spiro atoms. The number of sulfonamides is 1. The SMILES string of the molecule is N#Cc1ccc(S(=O)(=O)NCCc2c(Cl)cccc2Cl)cc1. The third-order valence-corrected chi connectivity index (χ3v) is 5.21. The van der Waals surface area contributed by atoms with Gasteiger partial charge in [0.1, 0.15) is 0 Å². The number of nitrogens with zero attached hydrogens (tertiary/aromatic N) is 1. The summed E-state index contributed by atoms with van der Waals surface area (Å²) in [5.41, 5.74) is 1.11. The number of halogens is 2. The van der Waals surface area contributed by atoms with Gasteiger partial charge in [-0.2, -0.15) is 5.26 Å². The van der Waals surface area contributed by atoms with Crippen molar-refractivity contribution < 1.29 is 8.42 Å². The average Bonchev–Trinajstić information content (AvgIpc) is 2.50. The minimum Gasteiger partial charge on any atom is -0.211 e. The van der Waals surface area contributed by atoms with Crippen molar-refractivity contribution >= 4 is 33.2 Å². The molecule has 0 aliphatic carbocycles. The Hall–Kier alpha value is -1.58. The third-order valence-electron chi connectivity index (χ3n) is 3.02. The van der Waals surface area contributed by atoms with Crippen LogP contribution in [0.15, 0.2) is 47.4 Å². The molecule has 0 saturated carbocycles. The molecule has 0 fully saturated rings. The third kappa shape index (κ3) is 3.99. The quantitative estimate of drug-likeness (QED) is 0.894. The average molecular weight is 355 g/mol. The van der Waals surface area contributed by atoms with E-state index in [-0.39, 0.29) is 11.4 Å². The van der Waals surface area contributed by atoms with Crippen LogP contribution in [0.3, 0.4) is 0 Å². The molecule has 2 aromatic carbocycles. The van der Waals surface area contributed by atoms with Gasteiger partial charge in [-0.25, -0.2) is 13.1 Å². The highest BCUT2D eigenvalue weighted by Crippen LogP contribution is 2.24. The molecule has 0 saturated heterocycles. The molecule has 1 N–H and O–H groups in total. The molecule has 0 radical (unpaired) electrons. The van der Waals surface area contributed by atoms with E-state index in [0.717, 1.165) is 0 Å². The van der Waals surface area contributed by atoms with E-state index in [4.69, 9.17) is 28.5 Å². The molecule has 7 heteroatoms. The largest absolute Gasteiger partial charge is 0.240 e. The number of hydrogen-bond acceptors (Lipinski definition) is 3. The highest BCUT2D eigenvalue weighted by molar-refractivity contribution is 7.89. The van der Waals surface area contributed by atoms with E-state index in [2.05, 4.69) is 4.72 Å². The number of nitriles is 1. The second-order valence-electron chi connectivity index (χ2n) is 4.48. The Morgan fingerprint density at radius 1 is 1.05 bits per heavy atom. The second kappa shape index (κ2) is 7.12. The van der Waals surface area contributed by atoms with Crippen molar-refractivity contribution in [2.75, 3.05) is 6.54 Å². The van der Waals surface area contributed by atoms with Crippen LogP contribution >= 0.6 is 23.2 Å². The van der Waals surface area contributed by atoms with Crippen molar-refractivity contribution in [3.63, 3.8) is 0 Å². The Morgan fingerprint density at radius 2 is 1.64 bits per heavy atom. The molecule has 0 bridgehead atoms. The summed E-state index contributed by atoms with van der Waals surface area (Å²) in [5, 5.41) is 9.72. The monoisotopic (exact) mass is 354 g/mol. The first-order valence-electron chi connectivity index (χ1n) is 6.37. The maximum atomic E-state index is 12.1. The molecular formula is C15H12Cl2N2O2S. The van der Waals surface area contributed by atoms with E-state index in [1.54, 1.807) is 18.2 Å². The molecule has 0 heterocycles. The zero-order valence-electron chi connectivity index (χ0n) is 11.4. The number of nitrogens with one attached hydrogen (secondary N) is 1. The van der Waals surface area contributed by atoms with Crippen LogP contribution in [0.1, 0.15) is 11.1 Å². The van der Waals surface area contributed by atoms with E-state index >= 15 is 0 Å². The van der Waals surface area contributed by atoms with Crippen LogP contribution in [-0.2, 0) is 16.4 Å². The second-order valence-corrected chi connectivity index (χ2v) is 7.07. The molecule has 22 heavy (non-hydrogen) atoms. The highest BCUT2D eigenvalue weighted by Gasteiger charge is 2.14. The van der Waals surface area contributed by atoms with Gasteiger partial charge >= 0.3 is 0 Å². The van der Waals surface area contributed by atoms with Crippen molar-refractivity contribution in [1.82, 2.24) is 4.72 Å². The summed E-state index contributed by atoms with van der Waals surface area (Å²) in [6, 6.07) is 12.8. The van der Waals surface area contributed by atoms with Gasteiger partial charge in [-0.05, 0) is 48.4 Å². The summed E-state index contributed by atoms with van der Waals surface area (Å²) in [6.07, 6.45) is 0.383. The summed E-state index contributed by atoms with van der Waals surface area (Å²) >= 11 is 12.1. The van der Waals surface area contributed by atoms with Gasteiger partial charge in [-0.1, -0.05) is 29.3 Å². The van der Waals surface area contributed by atoms with Crippen LogP contribution < -0.4 is 4.72 Å². The van der Waals surface area contributed by atoms with Crippen LogP contribution in [-0.4, -0.2) is 15.0 Å². The molecule has 0 amide bonds. The first-order valence-corrected chi connectivity index (χ1v) is 8.60. The summed E-state index contributed by atoms with van der Waals surface area (Å²) in [6.45, 7) is 0.172. The lowest BCUT2D eigenvalue weighted by atomic mass is 10.1. The predicted molar refractivity (Wildman–Crippen MR) is 86.5 cm³/mol. The van der Waals surface area contributed by atoms with Crippen molar-refractivity contribution in [3.8, 4) is 6.07 Å². The zero-order chi connectivity index (χ0) is 16.2. The molecule has 2 rings (SSSR count). The Labute approximate surface area is 139 Å². The minimum atomic E-state index is -3.63. The topological polar surface area (TPSA) is 70.0 Å². The first kappa shape index (κ1) is 16.8. The van der Waals surface area contributed by atoms with Gasteiger partial charge < -0.3 is 0 Å². The van der Waals surface area contributed by atoms with E-state index < -0.39 is 10.0 Å². The Kier molecular flexibility index (Phi) is 5.43. The Morgan fingerprint density at radius 3 is 2.18 bits per heavy atom. The molecule has 0 atom stereocenters. The Bertz CT molecular complexity index is 792. The van der Waals surface area contributed by atoms with Crippen LogP contribution in [0, 0.1) is 11.3 Å². The number of benzene rings is 2. The van der Waals surface area contributed by atoms with Crippen molar-refractivity contribution in [3.05, 3.63) is 63.6 Å². The van der Waals surface area contributed by atoms with Gasteiger partial charge in [0.15, 0.2) is 0 Å². The number of rotatable bonds is 5. The van der Waals surface area contributed by atoms with Gasteiger partial charge in [-0.3, -0.25) is 0 Å². The molecule has 0 aliphatic rings.